The molecular formula is C24H30ClN3O9P2. The van der Waals surface area contributed by atoms with Gasteiger partial charge in [-0.15, -0.1) is 0 Å². The first-order chi connectivity index (χ1) is 17.8. The van der Waals surface area contributed by atoms with E-state index in [1.165, 1.54) is 0 Å². The van der Waals surface area contributed by atoms with Crippen LogP contribution >= 0.6 is 27.2 Å². The van der Waals surface area contributed by atoms with E-state index in [1.807, 2.05) is 54.6 Å². The Morgan fingerprint density at radius 2 is 1.38 bits per heavy atom. The van der Waals surface area contributed by atoms with Crippen molar-refractivity contribution in [2.24, 2.45) is 0 Å². The zero-order valence-corrected chi connectivity index (χ0v) is 23.7. The second-order valence-electron chi connectivity index (χ2n) is 9.25. The SMILES string of the molecule is CC(C)(C)NCc1cc(Nc2ccnc3cc(Cl)ccc23)c2ccccc2c1O.O=P(O)(O)O.O=P(O)(O)O. The highest BCUT2D eigenvalue weighted by Crippen LogP contribution is 2.37. The number of anilines is 2. The van der Waals surface area contributed by atoms with Crippen molar-refractivity contribution < 1.29 is 43.6 Å². The Morgan fingerprint density at radius 3 is 1.95 bits per heavy atom. The predicted octanol–water partition coefficient (Wildman–Crippen LogP) is 4.52. The van der Waals surface area contributed by atoms with Crippen LogP contribution in [0.2, 0.25) is 5.02 Å². The number of phenolic OH excluding ortho intramolecular Hbond substituents is 1. The fraction of sp³-hybridized carbons (Fsp3) is 0.208. The number of phosphoric acid groups is 2. The second-order valence-corrected chi connectivity index (χ2v) is 11.7. The van der Waals surface area contributed by atoms with Crippen LogP contribution in [-0.4, -0.2) is 45.0 Å². The molecule has 15 heteroatoms. The third kappa shape index (κ3) is 12.0. The van der Waals surface area contributed by atoms with Gasteiger partial charge in [-0.25, -0.2) is 9.13 Å². The number of nitrogens with one attached hydrogen (secondary N) is 2. The highest BCUT2D eigenvalue weighted by Gasteiger charge is 2.15. The van der Waals surface area contributed by atoms with Crippen molar-refractivity contribution in [2.75, 3.05) is 5.32 Å². The van der Waals surface area contributed by atoms with Crippen molar-refractivity contribution in [2.45, 2.75) is 32.9 Å². The summed E-state index contributed by atoms with van der Waals surface area (Å²) in [6.07, 6.45) is 1.77. The number of aromatic nitrogens is 1. The van der Waals surface area contributed by atoms with Crippen LogP contribution < -0.4 is 10.6 Å². The first-order valence-corrected chi connectivity index (χ1v) is 14.7. The second kappa shape index (κ2) is 13.2. The Bertz CT molecular complexity index is 1500. The van der Waals surface area contributed by atoms with E-state index in [2.05, 4.69) is 36.4 Å². The van der Waals surface area contributed by atoms with Crippen LogP contribution in [0.1, 0.15) is 26.3 Å². The zero-order chi connectivity index (χ0) is 29.6. The summed E-state index contributed by atoms with van der Waals surface area (Å²) in [6.45, 7) is 6.90. The molecule has 3 aromatic carbocycles. The Hall–Kier alpha value is -2.60. The first kappa shape index (κ1) is 32.6. The summed E-state index contributed by atoms with van der Waals surface area (Å²) in [5, 5.41) is 21.3. The number of phenols is 1. The van der Waals surface area contributed by atoms with E-state index in [0.29, 0.717) is 17.3 Å². The van der Waals surface area contributed by atoms with Gasteiger partial charge >= 0.3 is 15.6 Å². The van der Waals surface area contributed by atoms with Crippen LogP contribution in [0.4, 0.5) is 11.4 Å². The van der Waals surface area contributed by atoms with E-state index >= 15 is 0 Å². The molecule has 0 saturated carbocycles. The molecule has 4 rings (SSSR count). The van der Waals surface area contributed by atoms with Crippen molar-refractivity contribution in [1.82, 2.24) is 10.3 Å². The predicted molar refractivity (Wildman–Crippen MR) is 151 cm³/mol. The molecule has 0 bridgehead atoms. The maximum atomic E-state index is 10.8. The summed E-state index contributed by atoms with van der Waals surface area (Å²) >= 11 is 6.12. The number of hydrogen-bond donors (Lipinski definition) is 9. The van der Waals surface area contributed by atoms with Crippen LogP contribution in [0.15, 0.2) is 60.8 Å². The highest BCUT2D eigenvalue weighted by atomic mass is 35.5. The molecular weight excluding hydrogens is 572 g/mol. The normalized spacial score (nSPS) is 11.8. The number of benzene rings is 3. The van der Waals surface area contributed by atoms with Gasteiger partial charge in [-0.3, -0.25) is 4.98 Å². The maximum Gasteiger partial charge on any atom is 0.466 e. The summed E-state index contributed by atoms with van der Waals surface area (Å²) in [6, 6.07) is 17.5. The molecule has 0 saturated heterocycles. The van der Waals surface area contributed by atoms with E-state index < -0.39 is 15.6 Å². The van der Waals surface area contributed by atoms with Crippen LogP contribution in [0, 0.1) is 0 Å². The van der Waals surface area contributed by atoms with Gasteiger partial charge in [-0.05, 0) is 51.1 Å². The molecule has 0 atom stereocenters. The van der Waals surface area contributed by atoms with E-state index in [0.717, 1.165) is 38.6 Å². The molecule has 39 heavy (non-hydrogen) atoms. The lowest BCUT2D eigenvalue weighted by atomic mass is 10.0. The summed E-state index contributed by atoms with van der Waals surface area (Å²) in [7, 11) is -9.28. The first-order valence-electron chi connectivity index (χ1n) is 11.2. The Labute approximate surface area is 229 Å². The van der Waals surface area contributed by atoms with Gasteiger partial charge in [-0.1, -0.05) is 35.9 Å². The Balaban J connectivity index is 0.000000458. The van der Waals surface area contributed by atoms with E-state index in [4.69, 9.17) is 50.1 Å². The Kier molecular flexibility index (Phi) is 11.0. The molecule has 1 heterocycles. The monoisotopic (exact) mass is 601 g/mol. The minimum Gasteiger partial charge on any atom is -0.507 e. The van der Waals surface area contributed by atoms with Crippen molar-refractivity contribution in [3.8, 4) is 5.75 Å². The van der Waals surface area contributed by atoms with Gasteiger partial charge < -0.3 is 45.1 Å². The van der Waals surface area contributed by atoms with Crippen molar-refractivity contribution in [1.29, 1.82) is 0 Å². The van der Waals surface area contributed by atoms with Gasteiger partial charge in [0.2, 0.25) is 0 Å². The topological polar surface area (TPSA) is 213 Å². The van der Waals surface area contributed by atoms with Gasteiger partial charge in [-0.2, -0.15) is 0 Å². The molecule has 0 radical (unpaired) electrons. The summed E-state index contributed by atoms with van der Waals surface area (Å²) in [4.78, 5) is 47.5. The maximum absolute atomic E-state index is 10.8. The molecule has 0 fully saturated rings. The van der Waals surface area contributed by atoms with E-state index in [-0.39, 0.29) is 5.54 Å². The summed E-state index contributed by atoms with van der Waals surface area (Å²) in [5.74, 6) is 0.314. The number of hydrogen-bond acceptors (Lipinski definition) is 6. The van der Waals surface area contributed by atoms with Crippen molar-refractivity contribution in [3.63, 3.8) is 0 Å². The molecule has 9 N–H and O–H groups in total. The molecule has 12 nitrogen and oxygen atoms in total. The molecule has 212 valence electrons. The number of nitrogens with zero attached hydrogens (tertiary/aromatic N) is 1. The highest BCUT2D eigenvalue weighted by molar-refractivity contribution is 7.45. The molecule has 0 amide bonds. The Morgan fingerprint density at radius 1 is 0.821 bits per heavy atom. The fourth-order valence-electron chi connectivity index (χ4n) is 3.39. The van der Waals surface area contributed by atoms with Crippen LogP contribution in [-0.2, 0) is 15.7 Å². The third-order valence-electron chi connectivity index (χ3n) is 4.88. The van der Waals surface area contributed by atoms with E-state index in [9.17, 15) is 5.11 Å². The smallest absolute Gasteiger partial charge is 0.466 e. The number of pyridine rings is 1. The van der Waals surface area contributed by atoms with E-state index in [1.54, 1.807) is 6.20 Å². The molecule has 0 aliphatic heterocycles. The van der Waals surface area contributed by atoms with Crippen LogP contribution in [0.3, 0.4) is 0 Å². The number of halogens is 1. The van der Waals surface area contributed by atoms with Gasteiger partial charge in [0.25, 0.3) is 0 Å². The molecule has 1 aromatic heterocycles. The fourth-order valence-corrected chi connectivity index (χ4v) is 3.56. The quantitative estimate of drug-likeness (QED) is 0.117. The lowest BCUT2D eigenvalue weighted by Gasteiger charge is -2.22. The average molecular weight is 602 g/mol. The van der Waals surface area contributed by atoms with Gasteiger partial charge in [0, 0.05) is 56.4 Å². The molecule has 0 unspecified atom stereocenters. The van der Waals surface area contributed by atoms with Gasteiger partial charge in [0.1, 0.15) is 5.75 Å². The van der Waals surface area contributed by atoms with Crippen LogP contribution in [0.25, 0.3) is 21.7 Å². The van der Waals surface area contributed by atoms with Crippen molar-refractivity contribution in [3.05, 3.63) is 71.4 Å². The third-order valence-corrected chi connectivity index (χ3v) is 5.11. The summed E-state index contributed by atoms with van der Waals surface area (Å²) < 4.78 is 17.8. The zero-order valence-electron chi connectivity index (χ0n) is 21.1. The molecule has 4 aromatic rings. The van der Waals surface area contributed by atoms with Crippen LogP contribution in [0.5, 0.6) is 5.75 Å². The number of fused-ring (bicyclic) bond motifs is 2. The molecule has 0 aliphatic carbocycles. The largest absolute Gasteiger partial charge is 0.507 e. The lowest BCUT2D eigenvalue weighted by molar-refractivity contribution is 0.272. The lowest BCUT2D eigenvalue weighted by Crippen LogP contribution is -2.35. The molecule has 0 aliphatic rings. The standard InChI is InChI=1S/C24H24ClN3O.2H3O4P/c1-24(2,3)27-14-15-12-22(17-6-4-5-7-18(17)23(15)29)28-20-10-11-26-21-13-16(25)8-9-19(20)21;2*1-5(2,3)4/h4-13,27,29H,14H2,1-3H3,(H,26,28);2*(H3,1,2,3,4). The minimum atomic E-state index is -4.64. The number of aromatic hydroxyl groups is 1. The van der Waals surface area contributed by atoms with Crippen molar-refractivity contribution >= 4 is 60.3 Å². The average Bonchev–Trinajstić information content (AvgIpc) is 2.77. The summed E-state index contributed by atoms with van der Waals surface area (Å²) in [5.41, 5.74) is 3.51. The van der Waals surface area contributed by atoms with Gasteiger partial charge in [0.15, 0.2) is 0 Å². The molecule has 0 spiro atoms. The number of rotatable bonds is 4. The van der Waals surface area contributed by atoms with Gasteiger partial charge in [0.05, 0.1) is 5.52 Å². The minimum absolute atomic E-state index is 0.0494.